The molecule has 3 aromatic rings. The summed E-state index contributed by atoms with van der Waals surface area (Å²) in [6.07, 6.45) is 1.57. The molecule has 0 N–H and O–H groups in total. The van der Waals surface area contributed by atoms with Crippen LogP contribution in [0.25, 0.3) is 11.1 Å². The van der Waals surface area contributed by atoms with Crippen molar-refractivity contribution >= 4 is 0 Å². The highest BCUT2D eigenvalue weighted by molar-refractivity contribution is 5.63. The SMILES string of the molecule is Cn1ncn(Cc2cccc(-c3ccccc3)c2)c1=O. The van der Waals surface area contributed by atoms with E-state index in [9.17, 15) is 4.79 Å². The number of nitrogens with zero attached hydrogens (tertiary/aromatic N) is 3. The van der Waals surface area contributed by atoms with Crippen molar-refractivity contribution in [1.82, 2.24) is 14.3 Å². The van der Waals surface area contributed by atoms with Gasteiger partial charge in [0.05, 0.1) is 6.54 Å². The largest absolute Gasteiger partial charge is 0.345 e. The lowest BCUT2D eigenvalue weighted by molar-refractivity contribution is 0.691. The molecule has 0 spiro atoms. The van der Waals surface area contributed by atoms with Crippen LogP contribution in [0.2, 0.25) is 0 Å². The fourth-order valence-electron chi connectivity index (χ4n) is 2.21. The predicted octanol–water partition coefficient (Wildman–Crippen LogP) is 2.30. The highest BCUT2D eigenvalue weighted by atomic mass is 16.2. The molecule has 0 amide bonds. The first-order valence-electron chi connectivity index (χ1n) is 6.47. The lowest BCUT2D eigenvalue weighted by atomic mass is 10.0. The summed E-state index contributed by atoms with van der Waals surface area (Å²) in [5.74, 6) is 0. The number of aromatic nitrogens is 3. The Morgan fingerprint density at radius 2 is 1.75 bits per heavy atom. The van der Waals surface area contributed by atoms with Crippen molar-refractivity contribution in [3.8, 4) is 11.1 Å². The molecule has 100 valence electrons. The number of hydrogen-bond acceptors (Lipinski definition) is 2. The van der Waals surface area contributed by atoms with E-state index in [2.05, 4.69) is 29.4 Å². The molecule has 0 saturated heterocycles. The molecule has 0 radical (unpaired) electrons. The van der Waals surface area contributed by atoms with Crippen LogP contribution < -0.4 is 5.69 Å². The van der Waals surface area contributed by atoms with E-state index in [1.807, 2.05) is 30.3 Å². The van der Waals surface area contributed by atoms with Crippen LogP contribution in [0.1, 0.15) is 5.56 Å². The van der Waals surface area contributed by atoms with Gasteiger partial charge in [-0.05, 0) is 22.8 Å². The molecule has 0 atom stereocenters. The second kappa shape index (κ2) is 5.17. The third kappa shape index (κ3) is 2.40. The van der Waals surface area contributed by atoms with Crippen molar-refractivity contribution in [3.05, 3.63) is 77.0 Å². The summed E-state index contributed by atoms with van der Waals surface area (Å²) in [4.78, 5) is 11.8. The monoisotopic (exact) mass is 265 g/mol. The van der Waals surface area contributed by atoms with Crippen LogP contribution in [0.3, 0.4) is 0 Å². The fourth-order valence-corrected chi connectivity index (χ4v) is 2.21. The molecule has 3 rings (SSSR count). The van der Waals surface area contributed by atoms with E-state index in [1.54, 1.807) is 17.9 Å². The first-order chi connectivity index (χ1) is 9.74. The zero-order valence-electron chi connectivity index (χ0n) is 11.2. The minimum Gasteiger partial charge on any atom is -0.277 e. The summed E-state index contributed by atoms with van der Waals surface area (Å²) < 4.78 is 2.94. The highest BCUT2D eigenvalue weighted by Crippen LogP contribution is 2.20. The van der Waals surface area contributed by atoms with Crippen LogP contribution in [0.4, 0.5) is 0 Å². The van der Waals surface area contributed by atoms with Crippen molar-refractivity contribution in [1.29, 1.82) is 0 Å². The highest BCUT2D eigenvalue weighted by Gasteiger charge is 2.03. The molecule has 0 aliphatic heterocycles. The maximum Gasteiger partial charge on any atom is 0.345 e. The Morgan fingerprint density at radius 3 is 2.45 bits per heavy atom. The molecular formula is C16H15N3O. The Hall–Kier alpha value is -2.62. The average molecular weight is 265 g/mol. The van der Waals surface area contributed by atoms with Gasteiger partial charge in [0, 0.05) is 7.05 Å². The van der Waals surface area contributed by atoms with Gasteiger partial charge in [0.15, 0.2) is 0 Å². The average Bonchev–Trinajstić information content (AvgIpc) is 2.81. The summed E-state index contributed by atoms with van der Waals surface area (Å²) in [6, 6.07) is 18.4. The van der Waals surface area contributed by atoms with Crippen LogP contribution in [-0.2, 0) is 13.6 Å². The van der Waals surface area contributed by atoms with Gasteiger partial charge in [-0.25, -0.2) is 9.48 Å². The summed E-state index contributed by atoms with van der Waals surface area (Å²) >= 11 is 0. The van der Waals surface area contributed by atoms with Gasteiger partial charge in [0.2, 0.25) is 0 Å². The summed E-state index contributed by atoms with van der Waals surface area (Å²) in [5, 5.41) is 3.96. The molecule has 0 fully saturated rings. The molecule has 0 bridgehead atoms. The van der Waals surface area contributed by atoms with Crippen LogP contribution in [0.5, 0.6) is 0 Å². The zero-order chi connectivity index (χ0) is 13.9. The number of hydrogen-bond donors (Lipinski definition) is 0. The van der Waals surface area contributed by atoms with Gasteiger partial charge in [0.1, 0.15) is 6.33 Å². The first kappa shape index (κ1) is 12.4. The molecule has 0 unspecified atom stereocenters. The topological polar surface area (TPSA) is 39.8 Å². The van der Waals surface area contributed by atoms with E-state index >= 15 is 0 Å². The number of aryl methyl sites for hydroxylation is 1. The maximum atomic E-state index is 11.8. The molecule has 0 saturated carbocycles. The van der Waals surface area contributed by atoms with Gasteiger partial charge >= 0.3 is 5.69 Å². The summed E-state index contributed by atoms with van der Waals surface area (Å²) in [6.45, 7) is 0.535. The number of rotatable bonds is 3. The van der Waals surface area contributed by atoms with Crippen molar-refractivity contribution in [2.24, 2.45) is 7.05 Å². The van der Waals surface area contributed by atoms with E-state index < -0.39 is 0 Å². The molecule has 0 aliphatic carbocycles. The van der Waals surface area contributed by atoms with Crippen LogP contribution >= 0.6 is 0 Å². The van der Waals surface area contributed by atoms with Crippen molar-refractivity contribution in [2.45, 2.75) is 6.54 Å². The Balaban J connectivity index is 1.92. The van der Waals surface area contributed by atoms with Crippen LogP contribution in [-0.4, -0.2) is 14.3 Å². The van der Waals surface area contributed by atoms with Gasteiger partial charge in [-0.15, -0.1) is 0 Å². The van der Waals surface area contributed by atoms with Crippen molar-refractivity contribution in [3.63, 3.8) is 0 Å². The predicted molar refractivity (Wildman–Crippen MR) is 78.4 cm³/mol. The minimum atomic E-state index is -0.102. The molecular weight excluding hydrogens is 250 g/mol. The lowest BCUT2D eigenvalue weighted by Gasteiger charge is -2.05. The van der Waals surface area contributed by atoms with Gasteiger partial charge in [-0.2, -0.15) is 5.10 Å². The molecule has 2 aromatic carbocycles. The second-order valence-corrected chi connectivity index (χ2v) is 4.73. The normalized spacial score (nSPS) is 10.7. The van der Waals surface area contributed by atoms with Crippen molar-refractivity contribution < 1.29 is 0 Å². The molecule has 1 heterocycles. The van der Waals surface area contributed by atoms with Crippen LogP contribution in [0.15, 0.2) is 65.7 Å². The third-order valence-electron chi connectivity index (χ3n) is 3.27. The van der Waals surface area contributed by atoms with Gasteiger partial charge in [-0.1, -0.05) is 48.5 Å². The van der Waals surface area contributed by atoms with E-state index in [1.165, 1.54) is 10.2 Å². The molecule has 0 aliphatic rings. The fraction of sp³-hybridized carbons (Fsp3) is 0.125. The quantitative estimate of drug-likeness (QED) is 0.729. The van der Waals surface area contributed by atoms with Crippen molar-refractivity contribution in [2.75, 3.05) is 0 Å². The molecule has 20 heavy (non-hydrogen) atoms. The number of benzene rings is 2. The summed E-state index contributed by atoms with van der Waals surface area (Å²) in [5.41, 5.74) is 3.31. The van der Waals surface area contributed by atoms with E-state index in [0.717, 1.165) is 11.1 Å². The zero-order valence-corrected chi connectivity index (χ0v) is 11.2. The van der Waals surface area contributed by atoms with Crippen LogP contribution in [0, 0.1) is 0 Å². The molecule has 4 nitrogen and oxygen atoms in total. The van der Waals surface area contributed by atoms with E-state index in [4.69, 9.17) is 0 Å². The Labute approximate surface area is 116 Å². The van der Waals surface area contributed by atoms with E-state index in [0.29, 0.717) is 6.54 Å². The summed E-state index contributed by atoms with van der Waals surface area (Å²) in [7, 11) is 1.65. The second-order valence-electron chi connectivity index (χ2n) is 4.73. The first-order valence-corrected chi connectivity index (χ1v) is 6.47. The van der Waals surface area contributed by atoms with E-state index in [-0.39, 0.29) is 5.69 Å². The third-order valence-corrected chi connectivity index (χ3v) is 3.27. The lowest BCUT2D eigenvalue weighted by Crippen LogP contribution is -2.22. The Morgan fingerprint density at radius 1 is 1.00 bits per heavy atom. The van der Waals surface area contributed by atoms with Gasteiger partial charge in [0.25, 0.3) is 0 Å². The standard InChI is InChI=1S/C16H15N3O/c1-18-16(20)19(12-17-18)11-13-6-5-9-15(10-13)14-7-3-2-4-8-14/h2-10,12H,11H2,1H3. The maximum absolute atomic E-state index is 11.8. The Kier molecular flexibility index (Phi) is 3.21. The minimum absolute atomic E-state index is 0.102. The van der Waals surface area contributed by atoms with Gasteiger partial charge < -0.3 is 0 Å². The Bertz CT molecular complexity index is 772. The molecule has 1 aromatic heterocycles. The molecule has 4 heteroatoms. The van der Waals surface area contributed by atoms with Gasteiger partial charge in [-0.3, -0.25) is 4.57 Å². The smallest absolute Gasteiger partial charge is 0.277 e.